The van der Waals surface area contributed by atoms with Crippen LogP contribution < -0.4 is 4.72 Å². The van der Waals surface area contributed by atoms with Gasteiger partial charge < -0.3 is 4.74 Å². The van der Waals surface area contributed by atoms with Crippen LogP contribution in [0.2, 0.25) is 0 Å². The van der Waals surface area contributed by atoms with Crippen LogP contribution in [0.1, 0.15) is 5.56 Å². The van der Waals surface area contributed by atoms with Crippen LogP contribution in [0.25, 0.3) is 10.2 Å². The van der Waals surface area contributed by atoms with Gasteiger partial charge in [-0.3, -0.25) is 9.62 Å². The van der Waals surface area contributed by atoms with Gasteiger partial charge in [0.25, 0.3) is 10.0 Å². The fourth-order valence-corrected chi connectivity index (χ4v) is 5.09. The van der Waals surface area contributed by atoms with E-state index in [2.05, 4.69) is 20.7 Å². The summed E-state index contributed by atoms with van der Waals surface area (Å²) in [4.78, 5) is 6.99. The van der Waals surface area contributed by atoms with Crippen molar-refractivity contribution in [1.82, 2.24) is 9.88 Å². The molecular weight excluding hydrogens is 370 g/mol. The SMILES string of the molecule is O=S(=O)(Nc1nc2ccc(CN3CCOCC3)cc2s1)c1ccccc1. The number of benzene rings is 2. The first kappa shape index (κ1) is 17.4. The first-order valence-corrected chi connectivity index (χ1v) is 10.7. The number of hydrogen-bond acceptors (Lipinski definition) is 6. The Hall–Kier alpha value is -2.00. The molecule has 0 atom stereocenters. The monoisotopic (exact) mass is 389 g/mol. The highest BCUT2D eigenvalue weighted by Crippen LogP contribution is 2.29. The maximum atomic E-state index is 12.4. The molecule has 0 spiro atoms. The van der Waals surface area contributed by atoms with E-state index in [1.807, 2.05) is 12.1 Å². The van der Waals surface area contributed by atoms with Crippen LogP contribution in [-0.2, 0) is 21.3 Å². The minimum absolute atomic E-state index is 0.229. The Kier molecular flexibility index (Phi) is 4.90. The minimum Gasteiger partial charge on any atom is -0.379 e. The smallest absolute Gasteiger partial charge is 0.263 e. The van der Waals surface area contributed by atoms with Crippen LogP contribution in [-0.4, -0.2) is 44.6 Å². The number of nitrogens with one attached hydrogen (secondary N) is 1. The summed E-state index contributed by atoms with van der Waals surface area (Å²) in [6.45, 7) is 4.27. The summed E-state index contributed by atoms with van der Waals surface area (Å²) < 4.78 is 33.8. The molecule has 3 aromatic rings. The number of ether oxygens (including phenoxy) is 1. The van der Waals surface area contributed by atoms with Gasteiger partial charge in [-0.1, -0.05) is 35.6 Å². The Morgan fingerprint density at radius 3 is 2.65 bits per heavy atom. The summed E-state index contributed by atoms with van der Waals surface area (Å²) in [6.07, 6.45) is 0. The van der Waals surface area contributed by atoms with E-state index >= 15 is 0 Å². The third-order valence-electron chi connectivity index (χ3n) is 4.24. The van der Waals surface area contributed by atoms with Gasteiger partial charge in [0.1, 0.15) is 0 Å². The van der Waals surface area contributed by atoms with E-state index in [4.69, 9.17) is 4.74 Å². The maximum Gasteiger partial charge on any atom is 0.263 e. The molecule has 0 saturated carbocycles. The molecule has 0 aliphatic carbocycles. The van der Waals surface area contributed by atoms with Crippen molar-refractivity contribution in [3.8, 4) is 0 Å². The Labute approximate surface area is 156 Å². The zero-order valence-electron chi connectivity index (χ0n) is 14.1. The van der Waals surface area contributed by atoms with Crippen molar-refractivity contribution in [3.63, 3.8) is 0 Å². The van der Waals surface area contributed by atoms with E-state index in [1.165, 1.54) is 16.9 Å². The molecule has 0 unspecified atom stereocenters. The van der Waals surface area contributed by atoms with Crippen LogP contribution in [0.3, 0.4) is 0 Å². The molecule has 0 radical (unpaired) electrons. The lowest BCUT2D eigenvalue weighted by Crippen LogP contribution is -2.35. The second-order valence-electron chi connectivity index (χ2n) is 6.13. The molecule has 1 fully saturated rings. The average molecular weight is 390 g/mol. The third-order valence-corrected chi connectivity index (χ3v) is 6.66. The van der Waals surface area contributed by atoms with E-state index in [0.717, 1.165) is 43.1 Å². The van der Waals surface area contributed by atoms with Gasteiger partial charge in [0, 0.05) is 19.6 Å². The summed E-state index contributed by atoms with van der Waals surface area (Å²) in [7, 11) is -3.62. The Balaban J connectivity index is 1.54. The van der Waals surface area contributed by atoms with Crippen LogP contribution >= 0.6 is 11.3 Å². The lowest BCUT2D eigenvalue weighted by atomic mass is 10.2. The summed E-state index contributed by atoms with van der Waals surface area (Å²) in [5, 5.41) is 0.382. The summed E-state index contributed by atoms with van der Waals surface area (Å²) in [5.74, 6) is 0. The second kappa shape index (κ2) is 7.32. The number of thiazole rings is 1. The lowest BCUT2D eigenvalue weighted by molar-refractivity contribution is 0.0342. The van der Waals surface area contributed by atoms with Gasteiger partial charge in [-0.2, -0.15) is 0 Å². The van der Waals surface area contributed by atoms with Crippen molar-refractivity contribution in [2.24, 2.45) is 0 Å². The van der Waals surface area contributed by atoms with E-state index < -0.39 is 10.0 Å². The van der Waals surface area contributed by atoms with Crippen molar-refractivity contribution < 1.29 is 13.2 Å². The number of nitrogens with zero attached hydrogens (tertiary/aromatic N) is 2. The molecule has 1 aliphatic rings. The molecule has 1 N–H and O–H groups in total. The summed E-state index contributed by atoms with van der Waals surface area (Å²) >= 11 is 1.35. The lowest BCUT2D eigenvalue weighted by Gasteiger charge is -2.26. The molecule has 136 valence electrons. The fraction of sp³-hybridized carbons (Fsp3) is 0.278. The van der Waals surface area contributed by atoms with Gasteiger partial charge in [0.15, 0.2) is 5.13 Å². The fourth-order valence-electron chi connectivity index (χ4n) is 2.90. The van der Waals surface area contributed by atoms with Gasteiger partial charge >= 0.3 is 0 Å². The van der Waals surface area contributed by atoms with E-state index in [1.54, 1.807) is 30.3 Å². The molecule has 0 amide bonds. The van der Waals surface area contributed by atoms with Gasteiger partial charge in [0.05, 0.1) is 28.3 Å². The molecule has 8 heteroatoms. The third kappa shape index (κ3) is 3.88. The molecule has 1 aromatic heterocycles. The highest BCUT2D eigenvalue weighted by Gasteiger charge is 2.17. The molecule has 0 bridgehead atoms. The van der Waals surface area contributed by atoms with Crippen LogP contribution in [0.5, 0.6) is 0 Å². The largest absolute Gasteiger partial charge is 0.379 e. The standard InChI is InChI=1S/C18H19N3O3S2/c22-26(23,15-4-2-1-3-5-15)20-18-19-16-7-6-14(12-17(16)25-18)13-21-8-10-24-11-9-21/h1-7,12H,8-11,13H2,(H,19,20). The first-order valence-electron chi connectivity index (χ1n) is 8.38. The molecule has 2 heterocycles. The van der Waals surface area contributed by atoms with Crippen molar-refractivity contribution in [2.75, 3.05) is 31.0 Å². The summed E-state index contributed by atoms with van der Waals surface area (Å²) in [5.41, 5.74) is 1.99. The quantitative estimate of drug-likeness (QED) is 0.726. The molecular formula is C18H19N3O3S2. The van der Waals surface area contributed by atoms with Crippen molar-refractivity contribution in [3.05, 3.63) is 54.1 Å². The summed E-state index contributed by atoms with van der Waals surface area (Å²) in [6, 6.07) is 14.4. The number of aromatic nitrogens is 1. The Morgan fingerprint density at radius 2 is 1.88 bits per heavy atom. The van der Waals surface area contributed by atoms with Gasteiger partial charge in [0.2, 0.25) is 0 Å². The van der Waals surface area contributed by atoms with Gasteiger partial charge in [-0.25, -0.2) is 13.4 Å². The number of fused-ring (bicyclic) bond motifs is 1. The van der Waals surface area contributed by atoms with Gasteiger partial charge in [-0.15, -0.1) is 0 Å². The number of rotatable bonds is 5. The molecule has 2 aromatic carbocycles. The van der Waals surface area contributed by atoms with Crippen LogP contribution in [0.4, 0.5) is 5.13 Å². The number of hydrogen-bond donors (Lipinski definition) is 1. The predicted octanol–water partition coefficient (Wildman–Crippen LogP) is 2.93. The topological polar surface area (TPSA) is 71.5 Å². The van der Waals surface area contributed by atoms with E-state index in [-0.39, 0.29) is 4.90 Å². The van der Waals surface area contributed by atoms with Crippen molar-refractivity contribution in [1.29, 1.82) is 0 Å². The normalized spacial score (nSPS) is 16.0. The molecule has 6 nitrogen and oxygen atoms in total. The van der Waals surface area contributed by atoms with E-state index in [0.29, 0.717) is 5.13 Å². The number of sulfonamides is 1. The highest BCUT2D eigenvalue weighted by atomic mass is 32.2. The van der Waals surface area contributed by atoms with E-state index in [9.17, 15) is 8.42 Å². The maximum absolute atomic E-state index is 12.4. The second-order valence-corrected chi connectivity index (χ2v) is 8.84. The molecule has 26 heavy (non-hydrogen) atoms. The highest BCUT2D eigenvalue weighted by molar-refractivity contribution is 7.93. The van der Waals surface area contributed by atoms with Crippen LogP contribution in [0.15, 0.2) is 53.4 Å². The van der Waals surface area contributed by atoms with Crippen molar-refractivity contribution >= 4 is 36.7 Å². The Morgan fingerprint density at radius 1 is 1.12 bits per heavy atom. The van der Waals surface area contributed by atoms with Gasteiger partial charge in [-0.05, 0) is 29.8 Å². The first-order chi connectivity index (χ1) is 12.6. The minimum atomic E-state index is -3.62. The zero-order chi connectivity index (χ0) is 18.0. The molecule has 4 rings (SSSR count). The van der Waals surface area contributed by atoms with Crippen molar-refractivity contribution in [2.45, 2.75) is 11.4 Å². The number of anilines is 1. The molecule has 1 aliphatic heterocycles. The predicted molar refractivity (Wildman–Crippen MR) is 103 cm³/mol. The average Bonchev–Trinajstić information content (AvgIpc) is 3.04. The molecule has 1 saturated heterocycles. The Bertz CT molecular complexity index is 997. The van der Waals surface area contributed by atoms with Crippen LogP contribution in [0, 0.1) is 0 Å². The number of morpholine rings is 1. The zero-order valence-corrected chi connectivity index (χ0v) is 15.7.